The topological polar surface area (TPSA) is 21.3 Å². The Kier molecular flexibility index (Phi) is 5.31. The first-order chi connectivity index (χ1) is 8.40. The lowest BCUT2D eigenvalue weighted by Gasteiger charge is -2.15. The summed E-state index contributed by atoms with van der Waals surface area (Å²) < 4.78 is 40.4. The Morgan fingerprint density at radius 2 is 1.83 bits per heavy atom. The highest BCUT2D eigenvalue weighted by molar-refractivity contribution is 5.46. The van der Waals surface area contributed by atoms with E-state index in [1.54, 1.807) is 12.1 Å². The van der Waals surface area contributed by atoms with E-state index in [0.717, 1.165) is 18.5 Å². The van der Waals surface area contributed by atoms with Gasteiger partial charge in [0.05, 0.1) is 0 Å². The fraction of sp³-hybridized carbons (Fsp3) is 0.538. The van der Waals surface area contributed by atoms with Crippen molar-refractivity contribution < 1.29 is 17.9 Å². The molecule has 1 N–H and O–H groups in total. The van der Waals surface area contributed by atoms with E-state index in [0.29, 0.717) is 6.04 Å². The largest absolute Gasteiger partial charge is 0.484 e. The third-order valence-electron chi connectivity index (χ3n) is 2.39. The van der Waals surface area contributed by atoms with E-state index in [1.165, 1.54) is 12.1 Å². The zero-order valence-corrected chi connectivity index (χ0v) is 10.6. The molecule has 0 radical (unpaired) electrons. The van der Waals surface area contributed by atoms with Crippen LogP contribution in [-0.2, 0) is 0 Å². The molecule has 1 atom stereocenters. The van der Waals surface area contributed by atoms with Crippen molar-refractivity contribution in [2.75, 3.05) is 11.9 Å². The lowest BCUT2D eigenvalue weighted by Crippen LogP contribution is -2.19. The number of nitrogens with one attached hydrogen (secondary N) is 1. The zero-order valence-electron chi connectivity index (χ0n) is 10.6. The average molecular weight is 261 g/mol. The van der Waals surface area contributed by atoms with E-state index in [1.807, 2.05) is 0 Å². The highest BCUT2D eigenvalue weighted by atomic mass is 19.4. The molecule has 0 aliphatic carbocycles. The van der Waals surface area contributed by atoms with Crippen LogP contribution in [0.1, 0.15) is 26.7 Å². The SMILES string of the molecule is CCCC(C)Nc1ccc(OCC(F)(F)F)cc1. The first kappa shape index (κ1) is 14.7. The normalized spacial score (nSPS) is 13.2. The monoisotopic (exact) mass is 261 g/mol. The van der Waals surface area contributed by atoms with Crippen LogP contribution >= 0.6 is 0 Å². The molecule has 0 bridgehead atoms. The molecule has 0 heterocycles. The maximum atomic E-state index is 11.9. The van der Waals surface area contributed by atoms with Gasteiger partial charge < -0.3 is 10.1 Å². The van der Waals surface area contributed by atoms with Crippen LogP contribution in [0.2, 0.25) is 0 Å². The van der Waals surface area contributed by atoms with Gasteiger partial charge in [-0.25, -0.2) is 0 Å². The van der Waals surface area contributed by atoms with Crippen molar-refractivity contribution in [1.29, 1.82) is 0 Å². The fourth-order valence-electron chi connectivity index (χ4n) is 1.60. The number of rotatable bonds is 6. The molecule has 1 unspecified atom stereocenters. The van der Waals surface area contributed by atoms with Gasteiger partial charge in [-0.3, -0.25) is 0 Å². The third kappa shape index (κ3) is 5.80. The predicted molar refractivity (Wildman–Crippen MR) is 66.0 cm³/mol. The van der Waals surface area contributed by atoms with Crippen LogP contribution in [0.3, 0.4) is 0 Å². The van der Waals surface area contributed by atoms with Crippen molar-refractivity contribution in [2.45, 2.75) is 38.9 Å². The minimum absolute atomic E-state index is 0.223. The van der Waals surface area contributed by atoms with Gasteiger partial charge in [0, 0.05) is 11.7 Å². The molecule has 1 rings (SSSR count). The smallest absolute Gasteiger partial charge is 0.422 e. The molecule has 0 fully saturated rings. The van der Waals surface area contributed by atoms with Crippen LogP contribution < -0.4 is 10.1 Å². The Morgan fingerprint density at radius 1 is 1.22 bits per heavy atom. The molecule has 18 heavy (non-hydrogen) atoms. The number of hydrogen-bond donors (Lipinski definition) is 1. The highest BCUT2D eigenvalue weighted by Crippen LogP contribution is 2.20. The molecule has 2 nitrogen and oxygen atoms in total. The van der Waals surface area contributed by atoms with Gasteiger partial charge in [0.1, 0.15) is 5.75 Å². The van der Waals surface area contributed by atoms with Crippen LogP contribution in [0.25, 0.3) is 0 Å². The number of hydrogen-bond acceptors (Lipinski definition) is 2. The molecule has 0 spiro atoms. The standard InChI is InChI=1S/C13H18F3NO/c1-3-4-10(2)17-11-5-7-12(8-6-11)18-9-13(14,15)16/h5-8,10,17H,3-4,9H2,1-2H3. The second-order valence-electron chi connectivity index (χ2n) is 4.26. The van der Waals surface area contributed by atoms with Crippen molar-refractivity contribution in [3.8, 4) is 5.75 Å². The summed E-state index contributed by atoms with van der Waals surface area (Å²) in [5, 5.41) is 3.26. The number of halogens is 3. The Balaban J connectivity index is 2.47. The summed E-state index contributed by atoms with van der Waals surface area (Å²) in [6.07, 6.45) is -2.17. The number of alkyl halides is 3. The molecule has 1 aromatic rings. The van der Waals surface area contributed by atoms with Gasteiger partial charge in [0.25, 0.3) is 0 Å². The Bertz CT molecular complexity index is 348. The van der Waals surface area contributed by atoms with Crippen molar-refractivity contribution in [3.05, 3.63) is 24.3 Å². The van der Waals surface area contributed by atoms with Gasteiger partial charge in [-0.1, -0.05) is 13.3 Å². The van der Waals surface area contributed by atoms with E-state index >= 15 is 0 Å². The highest BCUT2D eigenvalue weighted by Gasteiger charge is 2.28. The summed E-state index contributed by atoms with van der Waals surface area (Å²) >= 11 is 0. The molecule has 0 aliphatic heterocycles. The first-order valence-electron chi connectivity index (χ1n) is 5.97. The van der Waals surface area contributed by atoms with Gasteiger partial charge in [-0.05, 0) is 37.6 Å². The minimum Gasteiger partial charge on any atom is -0.484 e. The average Bonchev–Trinajstić information content (AvgIpc) is 2.27. The molecular formula is C13H18F3NO. The molecule has 0 aliphatic rings. The van der Waals surface area contributed by atoms with Crippen molar-refractivity contribution >= 4 is 5.69 Å². The number of ether oxygens (including phenoxy) is 1. The van der Waals surface area contributed by atoms with Crippen LogP contribution in [-0.4, -0.2) is 18.8 Å². The molecule has 1 aromatic carbocycles. The Hall–Kier alpha value is -1.39. The summed E-state index contributed by atoms with van der Waals surface area (Å²) in [5.74, 6) is 0.223. The van der Waals surface area contributed by atoms with E-state index in [2.05, 4.69) is 23.9 Å². The van der Waals surface area contributed by atoms with Crippen LogP contribution in [0.4, 0.5) is 18.9 Å². The van der Waals surface area contributed by atoms with Gasteiger partial charge in [-0.2, -0.15) is 13.2 Å². The zero-order chi connectivity index (χ0) is 13.6. The van der Waals surface area contributed by atoms with Gasteiger partial charge >= 0.3 is 6.18 Å². The predicted octanol–water partition coefficient (Wildman–Crippen LogP) is 4.23. The molecular weight excluding hydrogens is 243 g/mol. The van der Waals surface area contributed by atoms with Crippen molar-refractivity contribution in [1.82, 2.24) is 0 Å². The van der Waals surface area contributed by atoms with E-state index < -0.39 is 12.8 Å². The maximum Gasteiger partial charge on any atom is 0.422 e. The summed E-state index contributed by atoms with van der Waals surface area (Å²) in [6, 6.07) is 6.85. The summed E-state index contributed by atoms with van der Waals surface area (Å²) in [5.41, 5.74) is 0.885. The van der Waals surface area contributed by atoms with Gasteiger partial charge in [-0.15, -0.1) is 0 Å². The second kappa shape index (κ2) is 6.52. The van der Waals surface area contributed by atoms with E-state index in [4.69, 9.17) is 0 Å². The van der Waals surface area contributed by atoms with E-state index in [-0.39, 0.29) is 5.75 Å². The second-order valence-corrected chi connectivity index (χ2v) is 4.26. The summed E-state index contributed by atoms with van der Waals surface area (Å²) in [4.78, 5) is 0. The maximum absolute atomic E-state index is 11.9. The molecule has 0 saturated heterocycles. The Labute approximate surface area is 105 Å². The van der Waals surface area contributed by atoms with Crippen LogP contribution in [0, 0.1) is 0 Å². The molecule has 0 amide bonds. The quantitative estimate of drug-likeness (QED) is 0.827. The summed E-state index contributed by atoms with van der Waals surface area (Å²) in [7, 11) is 0. The molecule has 0 saturated carbocycles. The van der Waals surface area contributed by atoms with Gasteiger partial charge in [0.2, 0.25) is 0 Å². The fourth-order valence-corrected chi connectivity index (χ4v) is 1.60. The first-order valence-corrected chi connectivity index (χ1v) is 5.97. The van der Waals surface area contributed by atoms with E-state index in [9.17, 15) is 13.2 Å². The van der Waals surface area contributed by atoms with Crippen LogP contribution in [0.15, 0.2) is 24.3 Å². The van der Waals surface area contributed by atoms with Crippen LogP contribution in [0.5, 0.6) is 5.75 Å². The summed E-state index contributed by atoms with van der Waals surface area (Å²) in [6.45, 7) is 2.91. The molecule has 5 heteroatoms. The Morgan fingerprint density at radius 3 is 2.33 bits per heavy atom. The van der Waals surface area contributed by atoms with Crippen molar-refractivity contribution in [3.63, 3.8) is 0 Å². The number of benzene rings is 1. The molecule has 102 valence electrons. The third-order valence-corrected chi connectivity index (χ3v) is 2.39. The number of anilines is 1. The lowest BCUT2D eigenvalue weighted by atomic mass is 10.2. The minimum atomic E-state index is -4.30. The van der Waals surface area contributed by atoms with Crippen molar-refractivity contribution in [2.24, 2.45) is 0 Å². The van der Waals surface area contributed by atoms with Gasteiger partial charge in [0.15, 0.2) is 6.61 Å². The molecule has 0 aromatic heterocycles. The lowest BCUT2D eigenvalue weighted by molar-refractivity contribution is -0.153.